The van der Waals surface area contributed by atoms with Gasteiger partial charge in [0.2, 0.25) is 11.6 Å². The molecule has 0 spiro atoms. The molecule has 0 fully saturated rings. The highest BCUT2D eigenvalue weighted by Gasteiger charge is 2.22. The van der Waals surface area contributed by atoms with E-state index in [1.165, 1.54) is 6.07 Å². The fraction of sp³-hybridized carbons (Fsp3) is 0. The molecule has 1 aromatic heterocycles. The number of ether oxygens (including phenoxy) is 1. The van der Waals surface area contributed by atoms with E-state index in [4.69, 9.17) is 4.74 Å². The first-order valence-corrected chi connectivity index (χ1v) is 4.35. The van der Waals surface area contributed by atoms with Gasteiger partial charge in [-0.05, 0) is 12.1 Å². The van der Waals surface area contributed by atoms with Crippen molar-refractivity contribution in [3.05, 3.63) is 52.3 Å². The van der Waals surface area contributed by atoms with Crippen LogP contribution < -0.4 is 4.74 Å². The molecule has 0 aliphatic carbocycles. The first-order valence-electron chi connectivity index (χ1n) is 4.35. The number of benzene rings is 1. The van der Waals surface area contributed by atoms with Crippen LogP contribution in [0.25, 0.3) is 0 Å². The fourth-order valence-corrected chi connectivity index (χ4v) is 1.13. The molecule has 1 aromatic carbocycles. The monoisotopic (exact) mass is 240 g/mol. The van der Waals surface area contributed by atoms with Crippen LogP contribution >= 0.6 is 0 Å². The SMILES string of the molecule is O=[N+]([O-])c1o[c]cc1Oc1cccc(F)c1F. The number of furan rings is 1. The van der Waals surface area contributed by atoms with Crippen LogP contribution in [0.2, 0.25) is 0 Å². The maximum absolute atomic E-state index is 13.2. The van der Waals surface area contributed by atoms with Gasteiger partial charge in [-0.2, -0.15) is 4.39 Å². The van der Waals surface area contributed by atoms with Gasteiger partial charge in [-0.3, -0.25) is 10.1 Å². The standard InChI is InChI=1S/C10H4F2NO4/c11-6-2-1-3-7(9(6)12)17-8-4-5-16-10(8)13(14)15/h1-4H. The molecule has 17 heavy (non-hydrogen) atoms. The van der Waals surface area contributed by atoms with E-state index in [-0.39, 0.29) is 5.75 Å². The Labute approximate surface area is 93.4 Å². The van der Waals surface area contributed by atoms with E-state index < -0.39 is 28.2 Å². The summed E-state index contributed by atoms with van der Waals surface area (Å²) >= 11 is 0. The molecule has 0 amide bonds. The summed E-state index contributed by atoms with van der Waals surface area (Å²) in [5, 5.41) is 10.5. The third-order valence-electron chi connectivity index (χ3n) is 1.86. The Balaban J connectivity index is 2.35. The molecule has 0 atom stereocenters. The predicted octanol–water partition coefficient (Wildman–Crippen LogP) is 3.06. The third kappa shape index (κ3) is 2.07. The summed E-state index contributed by atoms with van der Waals surface area (Å²) < 4.78 is 35.3. The van der Waals surface area contributed by atoms with E-state index in [0.29, 0.717) is 0 Å². The zero-order chi connectivity index (χ0) is 12.4. The highest BCUT2D eigenvalue weighted by molar-refractivity contribution is 5.40. The van der Waals surface area contributed by atoms with Gasteiger partial charge < -0.3 is 9.15 Å². The summed E-state index contributed by atoms with van der Waals surface area (Å²) in [6, 6.07) is 4.26. The van der Waals surface area contributed by atoms with E-state index >= 15 is 0 Å². The summed E-state index contributed by atoms with van der Waals surface area (Å²) in [6.07, 6.45) is 2.08. The second-order valence-corrected chi connectivity index (χ2v) is 2.94. The summed E-state index contributed by atoms with van der Waals surface area (Å²) in [4.78, 5) is 9.61. The lowest BCUT2D eigenvalue weighted by molar-refractivity contribution is -0.403. The van der Waals surface area contributed by atoms with Crippen molar-refractivity contribution in [2.24, 2.45) is 0 Å². The Bertz CT molecular complexity index is 567. The van der Waals surface area contributed by atoms with Crippen LogP contribution in [0.4, 0.5) is 14.7 Å². The minimum Gasteiger partial charge on any atom is -0.443 e. The number of halogens is 2. The smallest absolute Gasteiger partial charge is 0.443 e. The van der Waals surface area contributed by atoms with Crippen molar-refractivity contribution in [2.75, 3.05) is 0 Å². The van der Waals surface area contributed by atoms with Gasteiger partial charge in [-0.25, -0.2) is 4.39 Å². The molecule has 87 valence electrons. The van der Waals surface area contributed by atoms with Crippen molar-refractivity contribution >= 4 is 5.88 Å². The van der Waals surface area contributed by atoms with Gasteiger partial charge in [0.05, 0.1) is 0 Å². The molecule has 0 saturated carbocycles. The molecule has 2 aromatic rings. The van der Waals surface area contributed by atoms with Gasteiger partial charge in [0.25, 0.3) is 0 Å². The number of hydrogen-bond acceptors (Lipinski definition) is 4. The number of nitro groups is 1. The van der Waals surface area contributed by atoms with E-state index in [9.17, 15) is 18.9 Å². The molecular formula is C10H4F2NO4. The Morgan fingerprint density at radius 2 is 2.12 bits per heavy atom. The maximum Gasteiger partial charge on any atom is 0.476 e. The largest absolute Gasteiger partial charge is 0.476 e. The predicted molar refractivity (Wildman–Crippen MR) is 50.6 cm³/mol. The second kappa shape index (κ2) is 4.20. The third-order valence-corrected chi connectivity index (χ3v) is 1.86. The lowest BCUT2D eigenvalue weighted by atomic mass is 10.3. The van der Waals surface area contributed by atoms with Crippen LogP contribution in [0.1, 0.15) is 0 Å². The number of rotatable bonds is 3. The Morgan fingerprint density at radius 3 is 2.82 bits per heavy atom. The molecule has 0 unspecified atom stereocenters. The van der Waals surface area contributed by atoms with Gasteiger partial charge >= 0.3 is 5.88 Å². The summed E-state index contributed by atoms with van der Waals surface area (Å²) in [7, 11) is 0. The van der Waals surface area contributed by atoms with Crippen molar-refractivity contribution in [1.82, 2.24) is 0 Å². The van der Waals surface area contributed by atoms with Crippen molar-refractivity contribution in [2.45, 2.75) is 0 Å². The van der Waals surface area contributed by atoms with Crippen molar-refractivity contribution in [3.8, 4) is 11.5 Å². The second-order valence-electron chi connectivity index (χ2n) is 2.94. The zero-order valence-corrected chi connectivity index (χ0v) is 8.15. The lowest BCUT2D eigenvalue weighted by Gasteiger charge is -2.03. The average Bonchev–Trinajstić information content (AvgIpc) is 2.73. The maximum atomic E-state index is 13.2. The van der Waals surface area contributed by atoms with E-state index in [1.54, 1.807) is 0 Å². The first kappa shape index (κ1) is 11.1. The van der Waals surface area contributed by atoms with E-state index in [2.05, 4.69) is 10.7 Å². The minimum atomic E-state index is -1.23. The van der Waals surface area contributed by atoms with Crippen LogP contribution in [-0.2, 0) is 0 Å². The summed E-state index contributed by atoms with van der Waals surface area (Å²) in [5.41, 5.74) is 0. The van der Waals surface area contributed by atoms with Crippen molar-refractivity contribution in [1.29, 1.82) is 0 Å². The Morgan fingerprint density at radius 1 is 1.35 bits per heavy atom. The molecule has 7 heteroatoms. The molecule has 0 bridgehead atoms. The fourth-order valence-electron chi connectivity index (χ4n) is 1.13. The van der Waals surface area contributed by atoms with E-state index in [0.717, 1.165) is 18.2 Å². The zero-order valence-electron chi connectivity index (χ0n) is 8.15. The Kier molecular flexibility index (Phi) is 2.73. The highest BCUT2D eigenvalue weighted by atomic mass is 19.2. The van der Waals surface area contributed by atoms with Crippen LogP contribution in [0, 0.1) is 28.0 Å². The highest BCUT2D eigenvalue weighted by Crippen LogP contribution is 2.33. The van der Waals surface area contributed by atoms with Crippen molar-refractivity contribution in [3.63, 3.8) is 0 Å². The summed E-state index contributed by atoms with van der Waals surface area (Å²) in [6.45, 7) is 0. The number of hydrogen-bond donors (Lipinski definition) is 0. The average molecular weight is 240 g/mol. The van der Waals surface area contributed by atoms with Crippen LogP contribution in [-0.4, -0.2) is 4.92 Å². The first-order chi connectivity index (χ1) is 8.09. The Hall–Kier alpha value is -2.44. The van der Waals surface area contributed by atoms with Crippen LogP contribution in [0.3, 0.4) is 0 Å². The van der Waals surface area contributed by atoms with Crippen molar-refractivity contribution < 1.29 is 22.9 Å². The van der Waals surface area contributed by atoms with E-state index in [1.807, 2.05) is 0 Å². The summed E-state index contributed by atoms with van der Waals surface area (Å²) in [5.74, 6) is -3.89. The molecule has 2 rings (SSSR count). The molecule has 0 aliphatic rings. The van der Waals surface area contributed by atoms with Crippen LogP contribution in [0.15, 0.2) is 28.7 Å². The molecular weight excluding hydrogens is 236 g/mol. The molecule has 0 N–H and O–H groups in total. The van der Waals surface area contributed by atoms with Gasteiger partial charge in [0.1, 0.15) is 4.92 Å². The lowest BCUT2D eigenvalue weighted by Crippen LogP contribution is -1.93. The molecule has 0 saturated heterocycles. The van der Waals surface area contributed by atoms with Gasteiger partial charge in [-0.15, -0.1) is 0 Å². The van der Waals surface area contributed by atoms with Crippen LogP contribution in [0.5, 0.6) is 11.5 Å². The van der Waals surface area contributed by atoms with Gasteiger partial charge in [-0.1, -0.05) is 6.07 Å². The normalized spacial score (nSPS) is 10.2. The topological polar surface area (TPSA) is 65.5 Å². The molecule has 5 nitrogen and oxygen atoms in total. The number of nitrogens with zero attached hydrogens (tertiary/aromatic N) is 1. The quantitative estimate of drug-likeness (QED) is 0.610. The molecule has 0 aliphatic heterocycles. The molecule has 1 heterocycles. The minimum absolute atomic E-state index is 0.348. The van der Waals surface area contributed by atoms with Gasteiger partial charge in [0.15, 0.2) is 17.8 Å². The van der Waals surface area contributed by atoms with Gasteiger partial charge in [0, 0.05) is 6.07 Å². The molecule has 1 radical (unpaired) electrons.